The molecule has 2 N–H and O–H groups in total. The maximum Gasteiger partial charge on any atom is 0.423 e. The molecule has 0 aliphatic carbocycles. The Bertz CT molecular complexity index is 1530. The predicted molar refractivity (Wildman–Crippen MR) is 150 cm³/mol. The van der Waals surface area contributed by atoms with Gasteiger partial charge in [0, 0.05) is 32.3 Å². The number of carbonyl (C=O) groups is 1. The summed E-state index contributed by atoms with van der Waals surface area (Å²) in [6, 6.07) is 9.03. The first-order valence-electron chi connectivity index (χ1n) is 14.2. The number of benzene rings is 1. The summed E-state index contributed by atoms with van der Waals surface area (Å²) < 4.78 is 91.6. The normalized spacial score (nSPS) is 17.5. The van der Waals surface area contributed by atoms with Crippen LogP contribution >= 0.6 is 0 Å². The van der Waals surface area contributed by atoms with Crippen molar-refractivity contribution in [3.8, 4) is 5.75 Å². The van der Waals surface area contributed by atoms with Gasteiger partial charge in [0.25, 0.3) is 5.56 Å². The standard InChI is InChI=1S/C29H30F6N6O4/c30-28(31,32)19-13-23-26(36-14-19)41-9-8-40(16-21(41)6-11-45-23)24(42)7-10-44-17-20(12-18-4-2-1-3-5-18)38-22-15-37-39-27(43)25(22)29(33,34)35/h1-5,13-15,20-21H,6-12,16-17H2,(H2,38,39,43)/t20-,21?/m0/s1. The van der Waals surface area contributed by atoms with E-state index in [1.165, 1.54) is 0 Å². The summed E-state index contributed by atoms with van der Waals surface area (Å²) in [5.41, 5.74) is -3.33. The summed E-state index contributed by atoms with van der Waals surface area (Å²) in [6.07, 6.45) is -7.05. The van der Waals surface area contributed by atoms with E-state index >= 15 is 0 Å². The van der Waals surface area contributed by atoms with Crippen molar-refractivity contribution < 1.29 is 40.6 Å². The fraction of sp³-hybridized carbons (Fsp3) is 0.448. The quantitative estimate of drug-likeness (QED) is 0.265. The lowest BCUT2D eigenvalue weighted by molar-refractivity contribution is -0.138. The lowest BCUT2D eigenvalue weighted by Crippen LogP contribution is -2.55. The average Bonchev–Trinajstić information content (AvgIpc) is 3.17. The first kappa shape index (κ1) is 32.1. The second kappa shape index (κ2) is 13.3. The van der Waals surface area contributed by atoms with Crippen LogP contribution in [0.15, 0.2) is 53.6 Å². The third-order valence-electron chi connectivity index (χ3n) is 7.58. The van der Waals surface area contributed by atoms with Crippen LogP contribution in [0, 0.1) is 0 Å². The summed E-state index contributed by atoms with van der Waals surface area (Å²) in [5.74, 6) is 0.158. The molecule has 242 valence electrons. The summed E-state index contributed by atoms with van der Waals surface area (Å²) in [6.45, 7) is 1.06. The van der Waals surface area contributed by atoms with E-state index in [1.807, 2.05) is 4.90 Å². The van der Waals surface area contributed by atoms with Crippen LogP contribution in [-0.2, 0) is 28.3 Å². The van der Waals surface area contributed by atoms with E-state index in [-0.39, 0.29) is 50.4 Å². The van der Waals surface area contributed by atoms with Crippen molar-refractivity contribution in [2.24, 2.45) is 0 Å². The van der Waals surface area contributed by atoms with Gasteiger partial charge in [0.15, 0.2) is 11.6 Å². The van der Waals surface area contributed by atoms with Gasteiger partial charge < -0.3 is 24.6 Å². The number of hydrogen-bond donors (Lipinski definition) is 2. The molecule has 16 heteroatoms. The molecule has 1 fully saturated rings. The third kappa shape index (κ3) is 7.85. The molecule has 0 spiro atoms. The molecular formula is C29H30F6N6O4. The van der Waals surface area contributed by atoms with Crippen LogP contribution < -0.4 is 20.5 Å². The topological polar surface area (TPSA) is 113 Å². The predicted octanol–water partition coefficient (Wildman–Crippen LogP) is 4.13. The number of pyridine rings is 1. The third-order valence-corrected chi connectivity index (χ3v) is 7.58. The van der Waals surface area contributed by atoms with Crippen LogP contribution in [0.5, 0.6) is 5.75 Å². The minimum atomic E-state index is -4.92. The number of nitrogens with one attached hydrogen (secondary N) is 2. The van der Waals surface area contributed by atoms with Gasteiger partial charge in [0.1, 0.15) is 5.56 Å². The van der Waals surface area contributed by atoms with Crippen LogP contribution in [-0.4, -0.2) is 77.5 Å². The highest BCUT2D eigenvalue weighted by Crippen LogP contribution is 2.38. The number of piperazine rings is 1. The number of rotatable bonds is 9. The monoisotopic (exact) mass is 640 g/mol. The number of ether oxygens (including phenoxy) is 2. The SMILES string of the molecule is O=C(CCOC[C@H](Cc1ccccc1)Nc1cn[nH]c(=O)c1C(F)(F)F)N1CCN2c3ncc(C(F)(F)F)cc3OCCC2C1. The van der Waals surface area contributed by atoms with Gasteiger partial charge >= 0.3 is 12.4 Å². The zero-order valence-electron chi connectivity index (χ0n) is 23.8. The van der Waals surface area contributed by atoms with Crippen molar-refractivity contribution in [1.82, 2.24) is 20.1 Å². The number of carbonyl (C=O) groups excluding carboxylic acids is 1. The summed E-state index contributed by atoms with van der Waals surface area (Å²) in [7, 11) is 0. The Hall–Kier alpha value is -4.34. The first-order chi connectivity index (χ1) is 21.4. The lowest BCUT2D eigenvalue weighted by atomic mass is 10.1. The van der Waals surface area contributed by atoms with E-state index in [4.69, 9.17) is 9.47 Å². The van der Waals surface area contributed by atoms with Gasteiger partial charge in [0.05, 0.1) is 55.8 Å². The van der Waals surface area contributed by atoms with Gasteiger partial charge in [-0.25, -0.2) is 10.1 Å². The van der Waals surface area contributed by atoms with Crippen molar-refractivity contribution in [1.29, 1.82) is 0 Å². The van der Waals surface area contributed by atoms with Crippen molar-refractivity contribution in [3.63, 3.8) is 0 Å². The summed E-state index contributed by atoms with van der Waals surface area (Å²) in [5, 5.41) is 8.05. The molecule has 1 unspecified atom stereocenters. The first-order valence-corrected chi connectivity index (χ1v) is 14.2. The van der Waals surface area contributed by atoms with Gasteiger partial charge in [-0.1, -0.05) is 30.3 Å². The highest BCUT2D eigenvalue weighted by atomic mass is 19.4. The van der Waals surface area contributed by atoms with E-state index in [1.54, 1.807) is 40.3 Å². The second-order valence-corrected chi connectivity index (χ2v) is 10.7. The number of alkyl halides is 6. The van der Waals surface area contributed by atoms with Gasteiger partial charge in [-0.3, -0.25) is 9.59 Å². The molecule has 2 aliphatic heterocycles. The number of aromatic nitrogens is 3. The van der Waals surface area contributed by atoms with E-state index in [0.717, 1.165) is 24.0 Å². The Kier molecular flexibility index (Phi) is 9.51. The Balaban J connectivity index is 1.18. The number of nitrogens with zero attached hydrogens (tertiary/aromatic N) is 4. The van der Waals surface area contributed by atoms with Crippen LogP contribution in [0.25, 0.3) is 0 Å². The number of fused-ring (bicyclic) bond motifs is 3. The maximum atomic E-state index is 13.6. The number of anilines is 2. The molecule has 1 saturated heterocycles. The molecule has 1 aromatic carbocycles. The van der Waals surface area contributed by atoms with E-state index in [9.17, 15) is 35.9 Å². The molecule has 1 amide bonds. The fourth-order valence-corrected chi connectivity index (χ4v) is 5.43. The van der Waals surface area contributed by atoms with Crippen LogP contribution in [0.2, 0.25) is 0 Å². The van der Waals surface area contributed by atoms with E-state index in [0.29, 0.717) is 31.9 Å². The van der Waals surface area contributed by atoms with Gasteiger partial charge in [-0.15, -0.1) is 0 Å². The van der Waals surface area contributed by atoms with Crippen LogP contribution in [0.4, 0.5) is 37.8 Å². The molecule has 2 atom stereocenters. The number of halogens is 6. The van der Waals surface area contributed by atoms with Crippen LogP contribution in [0.1, 0.15) is 29.5 Å². The molecular weight excluding hydrogens is 610 g/mol. The number of amides is 1. The molecule has 0 radical (unpaired) electrons. The van der Waals surface area contributed by atoms with Crippen molar-refractivity contribution >= 4 is 17.4 Å². The highest BCUT2D eigenvalue weighted by Gasteiger charge is 2.38. The molecule has 2 aliphatic rings. The zero-order chi connectivity index (χ0) is 32.2. The van der Waals surface area contributed by atoms with E-state index < -0.39 is 40.8 Å². The molecule has 2 aromatic heterocycles. The largest absolute Gasteiger partial charge is 0.490 e. The van der Waals surface area contributed by atoms with Crippen LogP contribution in [0.3, 0.4) is 0 Å². The minimum absolute atomic E-state index is 0.00538. The Morgan fingerprint density at radius 1 is 1.11 bits per heavy atom. The molecule has 5 rings (SSSR count). The smallest absolute Gasteiger partial charge is 0.423 e. The second-order valence-electron chi connectivity index (χ2n) is 10.7. The minimum Gasteiger partial charge on any atom is -0.490 e. The number of H-pyrrole nitrogens is 1. The average molecular weight is 641 g/mol. The van der Waals surface area contributed by atoms with Crippen molar-refractivity contribution in [3.05, 3.63) is 75.8 Å². The fourth-order valence-electron chi connectivity index (χ4n) is 5.43. The highest BCUT2D eigenvalue weighted by molar-refractivity contribution is 5.76. The maximum absolute atomic E-state index is 13.6. The Morgan fingerprint density at radius 2 is 1.89 bits per heavy atom. The number of aromatic amines is 1. The van der Waals surface area contributed by atoms with Gasteiger partial charge in [0.2, 0.25) is 5.91 Å². The van der Waals surface area contributed by atoms with Gasteiger partial charge in [-0.2, -0.15) is 31.4 Å². The molecule has 10 nitrogen and oxygen atoms in total. The Labute approximate surface area is 253 Å². The summed E-state index contributed by atoms with van der Waals surface area (Å²) in [4.78, 5) is 32.5. The molecule has 0 bridgehead atoms. The lowest BCUT2D eigenvalue weighted by Gasteiger charge is -2.41. The molecule has 45 heavy (non-hydrogen) atoms. The number of hydrogen-bond acceptors (Lipinski definition) is 8. The Morgan fingerprint density at radius 3 is 2.62 bits per heavy atom. The van der Waals surface area contributed by atoms with Crippen molar-refractivity contribution in [2.45, 2.75) is 43.7 Å². The summed E-state index contributed by atoms with van der Waals surface area (Å²) >= 11 is 0. The van der Waals surface area contributed by atoms with Gasteiger partial charge in [-0.05, 0) is 18.1 Å². The molecule has 4 heterocycles. The zero-order valence-corrected chi connectivity index (χ0v) is 23.8. The molecule has 3 aromatic rings. The van der Waals surface area contributed by atoms with Crippen molar-refractivity contribution in [2.75, 3.05) is 49.7 Å². The van der Waals surface area contributed by atoms with E-state index in [2.05, 4.69) is 15.4 Å². The molecule has 0 saturated carbocycles.